The van der Waals surface area contributed by atoms with E-state index in [1.54, 1.807) is 30.3 Å². The molecule has 0 aliphatic carbocycles. The summed E-state index contributed by atoms with van der Waals surface area (Å²) in [5.41, 5.74) is 1.01. The van der Waals surface area contributed by atoms with E-state index in [4.69, 9.17) is 12.2 Å². The lowest BCUT2D eigenvalue weighted by molar-refractivity contribution is -0.113. The Kier molecular flexibility index (Phi) is 4.37. The van der Waals surface area contributed by atoms with Gasteiger partial charge in [0.25, 0.3) is 5.91 Å². The number of benzene rings is 2. The first-order valence-corrected chi connectivity index (χ1v) is 8.09. The molecule has 2 aromatic rings. The van der Waals surface area contributed by atoms with Crippen LogP contribution >= 0.6 is 24.0 Å². The van der Waals surface area contributed by atoms with Crippen LogP contribution in [0.4, 0.5) is 5.69 Å². The van der Waals surface area contributed by atoms with Gasteiger partial charge in [-0.3, -0.25) is 9.69 Å². The van der Waals surface area contributed by atoms with Crippen LogP contribution in [0.1, 0.15) is 15.9 Å². The van der Waals surface area contributed by atoms with Crippen molar-refractivity contribution in [1.82, 2.24) is 0 Å². The summed E-state index contributed by atoms with van der Waals surface area (Å²) >= 11 is 6.34. The van der Waals surface area contributed by atoms with Crippen molar-refractivity contribution in [3.63, 3.8) is 0 Å². The van der Waals surface area contributed by atoms with Gasteiger partial charge in [0.2, 0.25) is 0 Å². The van der Waals surface area contributed by atoms with E-state index in [9.17, 15) is 19.8 Å². The summed E-state index contributed by atoms with van der Waals surface area (Å²) < 4.78 is 0.324. The number of aromatic carboxylic acids is 1. The zero-order valence-corrected chi connectivity index (χ0v) is 13.8. The number of thioether (sulfide) groups is 1. The minimum absolute atomic E-state index is 0.0294. The van der Waals surface area contributed by atoms with Gasteiger partial charge in [0, 0.05) is 6.07 Å². The minimum Gasteiger partial charge on any atom is -0.508 e. The molecular formula is C17H11NO4S2. The van der Waals surface area contributed by atoms with E-state index in [0.29, 0.717) is 20.5 Å². The summed E-state index contributed by atoms with van der Waals surface area (Å²) in [6.07, 6.45) is 1.52. The number of phenols is 1. The fourth-order valence-corrected chi connectivity index (χ4v) is 3.57. The predicted molar refractivity (Wildman–Crippen MR) is 97.2 cm³/mol. The van der Waals surface area contributed by atoms with Crippen molar-refractivity contribution in [2.75, 3.05) is 4.90 Å². The van der Waals surface area contributed by atoms with Crippen LogP contribution in [-0.2, 0) is 4.79 Å². The van der Waals surface area contributed by atoms with Crippen LogP contribution in [0.2, 0.25) is 0 Å². The van der Waals surface area contributed by atoms with Gasteiger partial charge in [-0.2, -0.15) is 0 Å². The average Bonchev–Trinajstić information content (AvgIpc) is 2.81. The smallest absolute Gasteiger partial charge is 0.336 e. The summed E-state index contributed by atoms with van der Waals surface area (Å²) in [6.45, 7) is 0. The Labute approximate surface area is 147 Å². The number of amides is 1. The number of thiocarbonyl (C=S) groups is 1. The summed E-state index contributed by atoms with van der Waals surface area (Å²) in [4.78, 5) is 25.6. The van der Waals surface area contributed by atoms with Crippen LogP contribution in [0.25, 0.3) is 6.08 Å². The van der Waals surface area contributed by atoms with Gasteiger partial charge in [-0.25, -0.2) is 4.79 Å². The normalized spacial score (nSPS) is 16.0. The average molecular weight is 357 g/mol. The van der Waals surface area contributed by atoms with E-state index >= 15 is 0 Å². The first-order valence-electron chi connectivity index (χ1n) is 6.86. The van der Waals surface area contributed by atoms with Crippen LogP contribution in [-0.4, -0.2) is 26.4 Å². The molecule has 7 heteroatoms. The second-order valence-corrected chi connectivity index (χ2v) is 6.61. The second kappa shape index (κ2) is 6.46. The summed E-state index contributed by atoms with van der Waals surface area (Å²) in [5.74, 6) is -1.39. The maximum Gasteiger partial charge on any atom is 0.336 e. The fourth-order valence-electron chi connectivity index (χ4n) is 2.28. The van der Waals surface area contributed by atoms with Gasteiger partial charge in [0.1, 0.15) is 5.75 Å². The molecule has 0 spiro atoms. The van der Waals surface area contributed by atoms with Crippen LogP contribution in [0.5, 0.6) is 5.75 Å². The molecule has 1 saturated heterocycles. The second-order valence-electron chi connectivity index (χ2n) is 4.93. The molecule has 1 heterocycles. The third kappa shape index (κ3) is 3.04. The molecule has 24 heavy (non-hydrogen) atoms. The summed E-state index contributed by atoms with van der Waals surface area (Å²) in [7, 11) is 0. The Morgan fingerprint density at radius 1 is 1.17 bits per heavy atom. The Balaban J connectivity index is 1.99. The van der Waals surface area contributed by atoms with Crippen molar-refractivity contribution in [3.8, 4) is 5.75 Å². The largest absolute Gasteiger partial charge is 0.508 e. The molecule has 0 aromatic heterocycles. The molecule has 1 aliphatic rings. The molecule has 1 amide bonds. The Hall–Kier alpha value is -2.64. The van der Waals surface area contributed by atoms with E-state index in [1.165, 1.54) is 29.2 Å². The number of carboxylic acids is 1. The van der Waals surface area contributed by atoms with Crippen molar-refractivity contribution in [1.29, 1.82) is 0 Å². The lowest BCUT2D eigenvalue weighted by Crippen LogP contribution is -2.27. The highest BCUT2D eigenvalue weighted by Gasteiger charge is 2.33. The quantitative estimate of drug-likeness (QED) is 0.647. The van der Waals surface area contributed by atoms with Crippen LogP contribution in [0, 0.1) is 0 Å². The van der Waals surface area contributed by atoms with E-state index in [2.05, 4.69) is 0 Å². The SMILES string of the molecule is O=C(O)c1ccccc1/C=C1/SC(=S)N(c2cccc(O)c2)C1=O. The molecule has 1 aliphatic heterocycles. The highest BCUT2D eigenvalue weighted by atomic mass is 32.2. The first-order chi connectivity index (χ1) is 11.5. The van der Waals surface area contributed by atoms with Crippen LogP contribution in [0.15, 0.2) is 53.4 Å². The van der Waals surface area contributed by atoms with Gasteiger partial charge < -0.3 is 10.2 Å². The number of hydrogen-bond acceptors (Lipinski definition) is 5. The molecule has 2 N–H and O–H groups in total. The van der Waals surface area contributed by atoms with Crippen LogP contribution < -0.4 is 4.90 Å². The zero-order valence-electron chi connectivity index (χ0n) is 12.2. The number of phenolic OH excluding ortho intramolecular Hbond substituents is 1. The number of nitrogens with zero attached hydrogens (tertiary/aromatic N) is 1. The molecule has 0 radical (unpaired) electrons. The minimum atomic E-state index is -1.06. The zero-order chi connectivity index (χ0) is 17.3. The lowest BCUT2D eigenvalue weighted by Gasteiger charge is -2.14. The van der Waals surface area contributed by atoms with Crippen molar-refractivity contribution >= 4 is 51.9 Å². The van der Waals surface area contributed by atoms with Gasteiger partial charge in [0.15, 0.2) is 4.32 Å². The number of rotatable bonds is 3. The molecule has 0 bridgehead atoms. The number of aromatic hydroxyl groups is 1. The standard InChI is InChI=1S/C17H11NO4S2/c19-12-6-3-5-11(9-12)18-15(20)14(24-17(18)23)8-10-4-1-2-7-13(10)16(21)22/h1-9,19H,(H,21,22)/b14-8+. The topological polar surface area (TPSA) is 77.8 Å². The van der Waals surface area contributed by atoms with E-state index in [-0.39, 0.29) is 17.2 Å². The van der Waals surface area contributed by atoms with Gasteiger partial charge in [-0.1, -0.05) is 48.2 Å². The molecule has 1 fully saturated rings. The molecule has 3 rings (SSSR count). The van der Waals surface area contributed by atoms with Crippen molar-refractivity contribution in [2.45, 2.75) is 0 Å². The molecule has 120 valence electrons. The number of carbonyl (C=O) groups excluding carboxylic acids is 1. The Morgan fingerprint density at radius 3 is 2.62 bits per heavy atom. The van der Waals surface area contributed by atoms with Gasteiger partial charge in [0.05, 0.1) is 16.2 Å². The van der Waals surface area contributed by atoms with Crippen molar-refractivity contribution in [2.24, 2.45) is 0 Å². The van der Waals surface area contributed by atoms with Crippen molar-refractivity contribution in [3.05, 3.63) is 64.6 Å². The highest BCUT2D eigenvalue weighted by molar-refractivity contribution is 8.27. The molecule has 0 atom stereocenters. The number of carboxylic acid groups (broad SMARTS) is 1. The van der Waals surface area contributed by atoms with E-state index in [1.807, 2.05) is 0 Å². The number of anilines is 1. The molecule has 0 unspecified atom stereocenters. The Bertz CT molecular complexity index is 892. The maximum absolute atomic E-state index is 12.6. The third-order valence-corrected chi connectivity index (χ3v) is 4.66. The summed E-state index contributed by atoms with van der Waals surface area (Å²) in [5, 5.41) is 18.8. The molecule has 5 nitrogen and oxygen atoms in total. The predicted octanol–water partition coefficient (Wildman–Crippen LogP) is 3.50. The first kappa shape index (κ1) is 16.2. The van der Waals surface area contributed by atoms with Gasteiger partial charge >= 0.3 is 5.97 Å². The Morgan fingerprint density at radius 2 is 1.92 bits per heavy atom. The van der Waals surface area contributed by atoms with Crippen molar-refractivity contribution < 1.29 is 19.8 Å². The number of carbonyl (C=O) groups is 2. The van der Waals surface area contributed by atoms with E-state index in [0.717, 1.165) is 11.8 Å². The molecule has 2 aromatic carbocycles. The lowest BCUT2D eigenvalue weighted by atomic mass is 10.1. The van der Waals surface area contributed by atoms with Gasteiger partial charge in [-0.15, -0.1) is 0 Å². The van der Waals surface area contributed by atoms with Gasteiger partial charge in [-0.05, 0) is 29.8 Å². The highest BCUT2D eigenvalue weighted by Crippen LogP contribution is 2.37. The monoisotopic (exact) mass is 357 g/mol. The molecular weight excluding hydrogens is 346 g/mol. The summed E-state index contributed by atoms with van der Waals surface area (Å²) in [6, 6.07) is 12.7. The fraction of sp³-hybridized carbons (Fsp3) is 0. The third-order valence-electron chi connectivity index (χ3n) is 3.36. The maximum atomic E-state index is 12.6. The number of hydrogen-bond donors (Lipinski definition) is 2. The molecule has 0 saturated carbocycles. The van der Waals surface area contributed by atoms with E-state index < -0.39 is 5.97 Å². The van der Waals surface area contributed by atoms with Crippen LogP contribution in [0.3, 0.4) is 0 Å².